The van der Waals surface area contributed by atoms with Gasteiger partial charge in [-0.25, -0.2) is 4.39 Å². The van der Waals surface area contributed by atoms with E-state index in [-0.39, 0.29) is 11.3 Å². The van der Waals surface area contributed by atoms with Crippen LogP contribution in [0.5, 0.6) is 0 Å². The minimum Gasteiger partial charge on any atom is -0.277 e. The number of hydrogen-bond acceptors (Lipinski definition) is 3. The molecular formula is C16H13FN4O2. The zero-order valence-electron chi connectivity index (χ0n) is 12.2. The van der Waals surface area contributed by atoms with Gasteiger partial charge in [-0.3, -0.25) is 25.5 Å². The van der Waals surface area contributed by atoms with Crippen LogP contribution in [-0.4, -0.2) is 22.0 Å². The maximum absolute atomic E-state index is 12.8. The van der Waals surface area contributed by atoms with E-state index in [9.17, 15) is 14.0 Å². The van der Waals surface area contributed by atoms with Crippen LogP contribution < -0.4 is 10.9 Å². The third kappa shape index (κ3) is 3.03. The van der Waals surface area contributed by atoms with Gasteiger partial charge in [0.2, 0.25) is 0 Å². The number of aromatic amines is 1. The highest BCUT2D eigenvalue weighted by atomic mass is 19.1. The van der Waals surface area contributed by atoms with Crippen molar-refractivity contribution in [2.24, 2.45) is 0 Å². The van der Waals surface area contributed by atoms with Gasteiger partial charge in [0.1, 0.15) is 5.82 Å². The number of amides is 2. The predicted octanol–water partition coefficient (Wildman–Crippen LogP) is 2.09. The molecule has 0 unspecified atom stereocenters. The SMILES string of the molecule is Cc1ccc2[nH]nc(C(=O)NNC(=O)c3ccc(F)cc3)c2c1. The lowest BCUT2D eigenvalue weighted by atomic mass is 10.1. The van der Waals surface area contributed by atoms with E-state index in [4.69, 9.17) is 0 Å². The summed E-state index contributed by atoms with van der Waals surface area (Å²) in [4.78, 5) is 24.0. The number of rotatable bonds is 2. The summed E-state index contributed by atoms with van der Waals surface area (Å²) in [5.41, 5.74) is 6.70. The van der Waals surface area contributed by atoms with Crippen LogP contribution in [0.2, 0.25) is 0 Å². The molecule has 0 aliphatic carbocycles. The van der Waals surface area contributed by atoms with Crippen LogP contribution in [-0.2, 0) is 0 Å². The molecule has 0 aliphatic heterocycles. The molecule has 3 N–H and O–H groups in total. The predicted molar refractivity (Wildman–Crippen MR) is 82.2 cm³/mol. The van der Waals surface area contributed by atoms with Crippen LogP contribution >= 0.6 is 0 Å². The largest absolute Gasteiger partial charge is 0.290 e. The van der Waals surface area contributed by atoms with Gasteiger partial charge in [-0.05, 0) is 43.3 Å². The summed E-state index contributed by atoms with van der Waals surface area (Å²) in [5.74, 6) is -1.53. The van der Waals surface area contributed by atoms with Crippen LogP contribution in [0.25, 0.3) is 10.9 Å². The molecule has 0 atom stereocenters. The summed E-state index contributed by atoms with van der Waals surface area (Å²) in [7, 11) is 0. The summed E-state index contributed by atoms with van der Waals surface area (Å²) in [6.07, 6.45) is 0. The van der Waals surface area contributed by atoms with Gasteiger partial charge in [-0.1, -0.05) is 11.6 Å². The van der Waals surface area contributed by atoms with Crippen molar-refractivity contribution in [2.75, 3.05) is 0 Å². The number of carbonyl (C=O) groups excluding carboxylic acids is 2. The molecule has 3 rings (SSSR count). The van der Waals surface area contributed by atoms with E-state index in [2.05, 4.69) is 21.0 Å². The molecule has 1 heterocycles. The second-order valence-electron chi connectivity index (χ2n) is 5.04. The monoisotopic (exact) mass is 312 g/mol. The first kappa shape index (κ1) is 14.7. The lowest BCUT2D eigenvalue weighted by molar-refractivity contribution is 0.0844. The lowest BCUT2D eigenvalue weighted by Crippen LogP contribution is -2.41. The van der Waals surface area contributed by atoms with Gasteiger partial charge in [0.15, 0.2) is 5.69 Å². The smallest absolute Gasteiger partial charge is 0.277 e. The Bertz CT molecular complexity index is 887. The zero-order valence-corrected chi connectivity index (χ0v) is 12.2. The first-order valence-electron chi connectivity index (χ1n) is 6.85. The molecule has 0 saturated heterocycles. The molecule has 0 fully saturated rings. The minimum atomic E-state index is -0.547. The standard InChI is InChI=1S/C16H13FN4O2/c1-9-2-7-13-12(8-9)14(19-18-13)16(23)21-20-15(22)10-3-5-11(17)6-4-10/h2-8H,1H3,(H,18,19)(H,20,22)(H,21,23). The number of aromatic nitrogens is 2. The average Bonchev–Trinajstić information content (AvgIpc) is 2.96. The second-order valence-corrected chi connectivity index (χ2v) is 5.04. The molecule has 0 radical (unpaired) electrons. The number of H-pyrrole nitrogens is 1. The summed E-state index contributed by atoms with van der Waals surface area (Å²) in [6, 6.07) is 10.5. The van der Waals surface area contributed by atoms with Crippen molar-refractivity contribution in [3.63, 3.8) is 0 Å². The van der Waals surface area contributed by atoms with E-state index < -0.39 is 17.6 Å². The Morgan fingerprint density at radius 2 is 1.74 bits per heavy atom. The maximum Gasteiger partial charge on any atom is 0.290 e. The second kappa shape index (κ2) is 5.88. The Hall–Kier alpha value is -3.22. The number of nitrogens with one attached hydrogen (secondary N) is 3. The number of carbonyl (C=O) groups is 2. The van der Waals surface area contributed by atoms with Crippen molar-refractivity contribution in [2.45, 2.75) is 6.92 Å². The highest BCUT2D eigenvalue weighted by Crippen LogP contribution is 2.17. The minimum absolute atomic E-state index is 0.183. The fourth-order valence-electron chi connectivity index (χ4n) is 2.15. The number of hydrazine groups is 1. The van der Waals surface area contributed by atoms with E-state index in [1.54, 1.807) is 0 Å². The van der Waals surface area contributed by atoms with Gasteiger partial charge in [0, 0.05) is 10.9 Å². The quantitative estimate of drug-likeness (QED) is 0.633. The van der Waals surface area contributed by atoms with Crippen LogP contribution in [0.15, 0.2) is 42.5 Å². The summed E-state index contributed by atoms with van der Waals surface area (Å²) < 4.78 is 12.8. The van der Waals surface area contributed by atoms with Gasteiger partial charge < -0.3 is 0 Å². The topological polar surface area (TPSA) is 86.9 Å². The molecule has 0 spiro atoms. The Balaban J connectivity index is 1.72. The first-order chi connectivity index (χ1) is 11.0. The third-order valence-electron chi connectivity index (χ3n) is 3.33. The number of benzene rings is 2. The van der Waals surface area contributed by atoms with Gasteiger partial charge in [0.05, 0.1) is 5.52 Å². The van der Waals surface area contributed by atoms with Crippen molar-refractivity contribution >= 4 is 22.7 Å². The molecule has 23 heavy (non-hydrogen) atoms. The van der Waals surface area contributed by atoms with Crippen LogP contribution in [0, 0.1) is 12.7 Å². The van der Waals surface area contributed by atoms with Crippen molar-refractivity contribution < 1.29 is 14.0 Å². The first-order valence-corrected chi connectivity index (χ1v) is 6.85. The Morgan fingerprint density at radius 1 is 1.04 bits per heavy atom. The number of aryl methyl sites for hydroxylation is 1. The molecule has 3 aromatic rings. The number of hydrogen-bond donors (Lipinski definition) is 3. The highest BCUT2D eigenvalue weighted by Gasteiger charge is 2.15. The van der Waals surface area contributed by atoms with E-state index in [1.807, 2.05) is 25.1 Å². The van der Waals surface area contributed by atoms with Crippen LogP contribution in [0.1, 0.15) is 26.4 Å². The van der Waals surface area contributed by atoms with E-state index in [0.29, 0.717) is 5.39 Å². The van der Waals surface area contributed by atoms with Crippen molar-refractivity contribution in [1.82, 2.24) is 21.0 Å². The molecule has 7 heteroatoms. The summed E-state index contributed by atoms with van der Waals surface area (Å²) in [5, 5.41) is 7.38. The Kier molecular flexibility index (Phi) is 3.76. The number of nitrogens with zero attached hydrogens (tertiary/aromatic N) is 1. The molecule has 0 aliphatic rings. The fraction of sp³-hybridized carbons (Fsp3) is 0.0625. The summed E-state index contributed by atoms with van der Waals surface area (Å²) in [6.45, 7) is 1.91. The zero-order chi connectivity index (χ0) is 16.4. The normalized spacial score (nSPS) is 10.5. The van der Waals surface area contributed by atoms with Gasteiger partial charge in [0.25, 0.3) is 11.8 Å². The Labute approximate surface area is 130 Å². The van der Waals surface area contributed by atoms with Crippen molar-refractivity contribution in [1.29, 1.82) is 0 Å². The van der Waals surface area contributed by atoms with Crippen molar-refractivity contribution in [3.05, 3.63) is 65.1 Å². The van der Waals surface area contributed by atoms with Gasteiger partial charge in [-0.2, -0.15) is 5.10 Å². The molecule has 1 aromatic heterocycles. The van der Waals surface area contributed by atoms with E-state index in [1.165, 1.54) is 24.3 Å². The molecule has 6 nitrogen and oxygen atoms in total. The third-order valence-corrected chi connectivity index (χ3v) is 3.33. The summed E-state index contributed by atoms with van der Waals surface area (Å²) >= 11 is 0. The molecular weight excluding hydrogens is 299 g/mol. The van der Waals surface area contributed by atoms with Gasteiger partial charge >= 0.3 is 0 Å². The molecule has 0 saturated carbocycles. The highest BCUT2D eigenvalue weighted by molar-refractivity contribution is 6.06. The molecule has 116 valence electrons. The van der Waals surface area contributed by atoms with E-state index >= 15 is 0 Å². The van der Waals surface area contributed by atoms with Crippen LogP contribution in [0.3, 0.4) is 0 Å². The maximum atomic E-state index is 12.8. The fourth-order valence-corrected chi connectivity index (χ4v) is 2.15. The van der Waals surface area contributed by atoms with E-state index in [0.717, 1.165) is 11.1 Å². The van der Waals surface area contributed by atoms with Crippen molar-refractivity contribution in [3.8, 4) is 0 Å². The molecule has 2 amide bonds. The average molecular weight is 312 g/mol. The van der Waals surface area contributed by atoms with Crippen LogP contribution in [0.4, 0.5) is 4.39 Å². The molecule has 2 aromatic carbocycles. The number of fused-ring (bicyclic) bond motifs is 1. The lowest BCUT2D eigenvalue weighted by Gasteiger charge is -2.06. The Morgan fingerprint density at radius 3 is 2.48 bits per heavy atom. The number of halogens is 1. The van der Waals surface area contributed by atoms with Gasteiger partial charge in [-0.15, -0.1) is 0 Å². The molecule has 0 bridgehead atoms.